The third-order valence-corrected chi connectivity index (χ3v) is 3.56. The number of nitrogens with zero attached hydrogens (tertiary/aromatic N) is 2. The van der Waals surface area contributed by atoms with E-state index in [-0.39, 0.29) is 0 Å². The Hall–Kier alpha value is -1.68. The van der Waals surface area contributed by atoms with Crippen LogP contribution in [0.2, 0.25) is 0 Å². The summed E-state index contributed by atoms with van der Waals surface area (Å²) >= 11 is 5.41. The maximum atomic E-state index is 5.41. The van der Waals surface area contributed by atoms with E-state index in [4.69, 9.17) is 12.2 Å². The highest BCUT2D eigenvalue weighted by atomic mass is 32.1. The number of hydrogen-bond acceptors (Lipinski definition) is 2. The SMILES string of the molecule is CCCCn1c(=S)[nH]c2cnc3ccccc3c21. The predicted molar refractivity (Wildman–Crippen MR) is 77.3 cm³/mol. The molecule has 0 amide bonds. The van der Waals surface area contributed by atoms with Gasteiger partial charge in [0.25, 0.3) is 0 Å². The van der Waals surface area contributed by atoms with Crippen molar-refractivity contribution in [3.05, 3.63) is 35.2 Å². The van der Waals surface area contributed by atoms with E-state index in [2.05, 4.69) is 27.5 Å². The van der Waals surface area contributed by atoms with Gasteiger partial charge in [-0.2, -0.15) is 0 Å². The molecule has 0 aliphatic carbocycles. The first kappa shape index (κ1) is 11.4. The van der Waals surface area contributed by atoms with E-state index in [0.29, 0.717) is 0 Å². The fraction of sp³-hybridized carbons (Fsp3) is 0.286. The second-order valence-electron chi connectivity index (χ2n) is 4.47. The van der Waals surface area contributed by atoms with Crippen molar-refractivity contribution in [2.75, 3.05) is 0 Å². The lowest BCUT2D eigenvalue weighted by molar-refractivity contribution is 0.640. The number of unbranched alkanes of at least 4 members (excludes halogenated alkanes) is 1. The average Bonchev–Trinajstić information content (AvgIpc) is 2.72. The molecule has 0 aliphatic rings. The zero-order chi connectivity index (χ0) is 12.5. The van der Waals surface area contributed by atoms with Crippen LogP contribution in [0.5, 0.6) is 0 Å². The summed E-state index contributed by atoms with van der Waals surface area (Å²) in [7, 11) is 0. The molecule has 0 atom stereocenters. The fourth-order valence-electron chi connectivity index (χ4n) is 2.32. The molecular weight excluding hydrogens is 242 g/mol. The molecule has 18 heavy (non-hydrogen) atoms. The van der Waals surface area contributed by atoms with E-state index in [0.717, 1.165) is 35.2 Å². The van der Waals surface area contributed by atoms with Gasteiger partial charge in [0.15, 0.2) is 4.77 Å². The molecule has 0 fully saturated rings. The molecule has 0 saturated carbocycles. The van der Waals surface area contributed by atoms with Gasteiger partial charge in [0.1, 0.15) is 0 Å². The number of rotatable bonds is 3. The highest BCUT2D eigenvalue weighted by molar-refractivity contribution is 7.71. The Labute approximate surface area is 110 Å². The van der Waals surface area contributed by atoms with Crippen LogP contribution in [0.4, 0.5) is 0 Å². The molecule has 0 aliphatic heterocycles. The Morgan fingerprint density at radius 2 is 2.17 bits per heavy atom. The first-order valence-electron chi connectivity index (χ1n) is 6.27. The standard InChI is InChI=1S/C14H15N3S/c1-2-3-8-17-13-10-6-4-5-7-11(10)15-9-12(13)16-14(17)18/h4-7,9H,2-3,8H2,1H3,(H,16,18). The zero-order valence-electron chi connectivity index (χ0n) is 10.3. The molecule has 1 aromatic carbocycles. The van der Waals surface area contributed by atoms with Crippen LogP contribution in [-0.4, -0.2) is 14.5 Å². The van der Waals surface area contributed by atoms with Crippen molar-refractivity contribution in [3.63, 3.8) is 0 Å². The molecule has 0 radical (unpaired) electrons. The summed E-state index contributed by atoms with van der Waals surface area (Å²) in [5.74, 6) is 0. The molecule has 3 rings (SSSR count). The average molecular weight is 257 g/mol. The van der Waals surface area contributed by atoms with E-state index >= 15 is 0 Å². The van der Waals surface area contributed by atoms with Crippen molar-refractivity contribution in [2.45, 2.75) is 26.3 Å². The number of hydrogen-bond donors (Lipinski definition) is 1. The van der Waals surface area contributed by atoms with Crippen LogP contribution in [0.25, 0.3) is 21.9 Å². The lowest BCUT2D eigenvalue weighted by atomic mass is 10.2. The minimum absolute atomic E-state index is 0.789. The highest BCUT2D eigenvalue weighted by Gasteiger charge is 2.08. The minimum Gasteiger partial charge on any atom is -0.329 e. The van der Waals surface area contributed by atoms with Gasteiger partial charge >= 0.3 is 0 Å². The number of aromatic amines is 1. The number of nitrogens with one attached hydrogen (secondary N) is 1. The maximum Gasteiger partial charge on any atom is 0.178 e. The van der Waals surface area contributed by atoms with Gasteiger partial charge in [0.05, 0.1) is 22.7 Å². The molecule has 0 saturated heterocycles. The van der Waals surface area contributed by atoms with Crippen LogP contribution in [0.3, 0.4) is 0 Å². The topological polar surface area (TPSA) is 33.6 Å². The lowest BCUT2D eigenvalue weighted by Crippen LogP contribution is -1.98. The van der Waals surface area contributed by atoms with E-state index in [9.17, 15) is 0 Å². The maximum absolute atomic E-state index is 5.41. The normalized spacial score (nSPS) is 11.4. The number of fused-ring (bicyclic) bond motifs is 3. The molecule has 3 nitrogen and oxygen atoms in total. The van der Waals surface area contributed by atoms with Gasteiger partial charge in [-0.1, -0.05) is 31.5 Å². The number of para-hydroxylation sites is 1. The Balaban J connectivity index is 2.36. The van der Waals surface area contributed by atoms with Gasteiger partial charge in [0, 0.05) is 11.9 Å². The largest absolute Gasteiger partial charge is 0.329 e. The smallest absolute Gasteiger partial charge is 0.178 e. The molecule has 0 bridgehead atoms. The van der Waals surface area contributed by atoms with Crippen molar-refractivity contribution in [1.29, 1.82) is 0 Å². The highest BCUT2D eigenvalue weighted by Crippen LogP contribution is 2.23. The van der Waals surface area contributed by atoms with Crippen LogP contribution in [-0.2, 0) is 6.54 Å². The molecule has 3 aromatic rings. The fourth-order valence-corrected chi connectivity index (χ4v) is 2.62. The minimum atomic E-state index is 0.789. The first-order chi connectivity index (χ1) is 8.81. The first-order valence-corrected chi connectivity index (χ1v) is 6.68. The van der Waals surface area contributed by atoms with Gasteiger partial charge in [-0.25, -0.2) is 0 Å². The molecule has 1 N–H and O–H groups in total. The summed E-state index contributed by atoms with van der Waals surface area (Å²) in [5, 5.41) is 1.17. The lowest BCUT2D eigenvalue weighted by Gasteiger charge is -2.05. The Kier molecular flexibility index (Phi) is 2.88. The number of imidazole rings is 1. The zero-order valence-corrected chi connectivity index (χ0v) is 11.1. The summed E-state index contributed by atoms with van der Waals surface area (Å²) in [6, 6.07) is 8.20. The molecule has 0 unspecified atom stereocenters. The van der Waals surface area contributed by atoms with Crippen LogP contribution < -0.4 is 0 Å². The van der Waals surface area contributed by atoms with Crippen molar-refractivity contribution in [2.24, 2.45) is 0 Å². The summed E-state index contributed by atoms with van der Waals surface area (Å²) in [6.07, 6.45) is 4.17. The van der Waals surface area contributed by atoms with Crippen LogP contribution in [0.15, 0.2) is 30.5 Å². The van der Waals surface area contributed by atoms with Crippen LogP contribution in [0.1, 0.15) is 19.8 Å². The number of pyridine rings is 1. The summed E-state index contributed by atoms with van der Waals surface area (Å²) < 4.78 is 2.98. The van der Waals surface area contributed by atoms with E-state index in [1.54, 1.807) is 0 Å². The van der Waals surface area contributed by atoms with Crippen molar-refractivity contribution >= 4 is 34.2 Å². The van der Waals surface area contributed by atoms with Crippen molar-refractivity contribution in [1.82, 2.24) is 14.5 Å². The quantitative estimate of drug-likeness (QED) is 0.718. The molecule has 4 heteroatoms. The Morgan fingerprint density at radius 1 is 1.33 bits per heavy atom. The molecule has 2 aromatic heterocycles. The summed E-state index contributed by atoms with van der Waals surface area (Å²) in [5.41, 5.74) is 3.22. The second kappa shape index (κ2) is 4.53. The third kappa shape index (κ3) is 1.73. The second-order valence-corrected chi connectivity index (χ2v) is 4.86. The Morgan fingerprint density at radius 3 is 3.00 bits per heavy atom. The predicted octanol–water partition coefficient (Wildman–Crippen LogP) is 4.05. The summed E-state index contributed by atoms with van der Waals surface area (Å²) in [6.45, 7) is 3.15. The molecular formula is C14H15N3S. The molecule has 0 spiro atoms. The van der Waals surface area contributed by atoms with Gasteiger partial charge in [-0.3, -0.25) is 4.98 Å². The third-order valence-electron chi connectivity index (χ3n) is 3.24. The number of aromatic nitrogens is 3. The monoisotopic (exact) mass is 257 g/mol. The van der Waals surface area contributed by atoms with Crippen LogP contribution in [0, 0.1) is 4.77 Å². The van der Waals surface area contributed by atoms with Crippen molar-refractivity contribution in [3.8, 4) is 0 Å². The van der Waals surface area contributed by atoms with E-state index < -0.39 is 0 Å². The number of benzene rings is 1. The Bertz CT molecular complexity index is 754. The molecule has 92 valence electrons. The van der Waals surface area contributed by atoms with Crippen LogP contribution >= 0.6 is 12.2 Å². The molecule has 2 heterocycles. The van der Waals surface area contributed by atoms with Gasteiger partial charge in [-0.05, 0) is 24.7 Å². The van der Waals surface area contributed by atoms with Gasteiger partial charge < -0.3 is 9.55 Å². The van der Waals surface area contributed by atoms with Crippen molar-refractivity contribution < 1.29 is 0 Å². The van der Waals surface area contributed by atoms with E-state index in [1.165, 1.54) is 10.9 Å². The van der Waals surface area contributed by atoms with E-state index in [1.807, 2.05) is 24.4 Å². The number of aryl methyl sites for hydroxylation is 1. The van der Waals surface area contributed by atoms with Gasteiger partial charge in [0.2, 0.25) is 0 Å². The summed E-state index contributed by atoms with van der Waals surface area (Å²) in [4.78, 5) is 7.70. The van der Waals surface area contributed by atoms with Gasteiger partial charge in [-0.15, -0.1) is 0 Å². The number of H-pyrrole nitrogens is 1.